The molecular weight excluding hydrogens is 450 g/mol. The highest BCUT2D eigenvalue weighted by atomic mass is 32.2. The molecule has 0 spiro atoms. The van der Waals surface area contributed by atoms with E-state index < -0.39 is 10.0 Å². The number of anilines is 2. The number of nitrogens with one attached hydrogen (secondary N) is 1. The van der Waals surface area contributed by atoms with Crippen molar-refractivity contribution in [1.29, 1.82) is 0 Å². The van der Waals surface area contributed by atoms with Crippen molar-refractivity contribution in [2.45, 2.75) is 56.9 Å². The molecule has 1 aliphatic carbocycles. The van der Waals surface area contributed by atoms with Gasteiger partial charge >= 0.3 is 0 Å². The van der Waals surface area contributed by atoms with Gasteiger partial charge in [0.05, 0.1) is 4.90 Å². The molecule has 5 rings (SSSR count). The van der Waals surface area contributed by atoms with Gasteiger partial charge in [-0.1, -0.05) is 18.2 Å². The summed E-state index contributed by atoms with van der Waals surface area (Å²) in [5.41, 5.74) is 3.55. The van der Waals surface area contributed by atoms with Crippen LogP contribution in [-0.2, 0) is 26.0 Å². The molecule has 0 unspecified atom stereocenters. The first-order valence-corrected chi connectivity index (χ1v) is 13.5. The summed E-state index contributed by atoms with van der Waals surface area (Å²) in [6.07, 6.45) is 3.54. The van der Waals surface area contributed by atoms with Crippen LogP contribution in [0.1, 0.15) is 43.7 Å². The van der Waals surface area contributed by atoms with E-state index in [4.69, 9.17) is 0 Å². The summed E-state index contributed by atoms with van der Waals surface area (Å²) in [6.45, 7) is 4.59. The third-order valence-electron chi connectivity index (χ3n) is 7.30. The van der Waals surface area contributed by atoms with Crippen LogP contribution in [0.5, 0.6) is 0 Å². The van der Waals surface area contributed by atoms with Crippen molar-refractivity contribution in [3.63, 3.8) is 0 Å². The number of benzene rings is 2. The standard InChI is InChI=1S/C26H31N3O4S/c1-17-5-3-4-6-23(17)27-25(30)19-11-13-28(14-12-19)34(32,33)22-9-10-24-21(16-22)15-18(2)29(24)26(31)20-7-8-20/h3-6,9-10,16,18-20H,7-8,11-15H2,1-2H3,(H,27,30)/t18-/m1/s1. The Morgan fingerprint density at radius 2 is 1.68 bits per heavy atom. The minimum Gasteiger partial charge on any atom is -0.326 e. The first-order valence-electron chi connectivity index (χ1n) is 12.1. The van der Waals surface area contributed by atoms with Gasteiger partial charge in [0.25, 0.3) is 0 Å². The van der Waals surface area contributed by atoms with E-state index >= 15 is 0 Å². The second kappa shape index (κ2) is 8.82. The quantitative estimate of drug-likeness (QED) is 0.705. The molecule has 0 bridgehead atoms. The maximum absolute atomic E-state index is 13.4. The third kappa shape index (κ3) is 4.25. The molecular formula is C26H31N3O4S. The van der Waals surface area contributed by atoms with Crippen molar-refractivity contribution in [1.82, 2.24) is 4.31 Å². The Morgan fingerprint density at radius 3 is 2.35 bits per heavy atom. The fraction of sp³-hybridized carbons (Fsp3) is 0.462. The zero-order valence-corrected chi connectivity index (χ0v) is 20.5. The van der Waals surface area contributed by atoms with E-state index in [0.717, 1.165) is 35.3 Å². The lowest BCUT2D eigenvalue weighted by atomic mass is 9.97. The van der Waals surface area contributed by atoms with Gasteiger partial charge in [-0.25, -0.2) is 8.42 Å². The van der Waals surface area contributed by atoms with Crippen molar-refractivity contribution < 1.29 is 18.0 Å². The molecule has 2 aromatic carbocycles. The summed E-state index contributed by atoms with van der Waals surface area (Å²) in [4.78, 5) is 27.5. The number of carbonyl (C=O) groups is 2. The molecule has 2 aliphatic heterocycles. The summed E-state index contributed by atoms with van der Waals surface area (Å²) < 4.78 is 28.2. The van der Waals surface area contributed by atoms with Crippen LogP contribution >= 0.6 is 0 Å². The Morgan fingerprint density at radius 1 is 0.971 bits per heavy atom. The van der Waals surface area contributed by atoms with Crippen LogP contribution in [0.25, 0.3) is 0 Å². The average molecular weight is 482 g/mol. The predicted molar refractivity (Wildman–Crippen MR) is 131 cm³/mol. The van der Waals surface area contributed by atoms with Gasteiger partial charge in [-0.05, 0) is 81.3 Å². The number of fused-ring (bicyclic) bond motifs is 1. The summed E-state index contributed by atoms with van der Waals surface area (Å²) >= 11 is 0. The SMILES string of the molecule is Cc1ccccc1NC(=O)C1CCN(S(=O)(=O)c2ccc3c(c2)C[C@@H](C)N3C(=O)C2CC2)CC1. The van der Waals surface area contributed by atoms with E-state index in [1.54, 1.807) is 18.2 Å². The Labute approximate surface area is 201 Å². The maximum Gasteiger partial charge on any atom is 0.243 e. The van der Waals surface area contributed by atoms with Crippen LogP contribution in [0, 0.1) is 18.8 Å². The minimum atomic E-state index is -3.66. The molecule has 3 aliphatic rings. The number of para-hydroxylation sites is 1. The zero-order valence-electron chi connectivity index (χ0n) is 19.7. The molecule has 34 heavy (non-hydrogen) atoms. The molecule has 2 fully saturated rings. The highest BCUT2D eigenvalue weighted by Gasteiger charge is 2.40. The van der Waals surface area contributed by atoms with Gasteiger partial charge in [0.2, 0.25) is 21.8 Å². The number of nitrogens with zero attached hydrogens (tertiary/aromatic N) is 2. The normalized spacial score (nSPS) is 21.4. The average Bonchev–Trinajstić information content (AvgIpc) is 3.62. The molecule has 0 radical (unpaired) electrons. The smallest absolute Gasteiger partial charge is 0.243 e. The monoisotopic (exact) mass is 481 g/mol. The van der Waals surface area contributed by atoms with Crippen LogP contribution < -0.4 is 10.2 Å². The molecule has 8 heteroatoms. The molecule has 2 heterocycles. The number of carbonyl (C=O) groups excluding carboxylic acids is 2. The van der Waals surface area contributed by atoms with Gasteiger partial charge in [0.1, 0.15) is 0 Å². The van der Waals surface area contributed by atoms with Gasteiger partial charge in [-0.2, -0.15) is 4.31 Å². The summed E-state index contributed by atoms with van der Waals surface area (Å²) in [5, 5.41) is 2.98. The first kappa shape index (κ1) is 23.1. The molecule has 2 aromatic rings. The number of sulfonamides is 1. The van der Waals surface area contributed by atoms with E-state index in [1.165, 1.54) is 4.31 Å². The summed E-state index contributed by atoms with van der Waals surface area (Å²) in [5.74, 6) is 0.0150. The van der Waals surface area contributed by atoms with E-state index in [0.29, 0.717) is 32.4 Å². The van der Waals surface area contributed by atoms with E-state index in [-0.39, 0.29) is 34.6 Å². The number of rotatable bonds is 5. The minimum absolute atomic E-state index is 0.0450. The highest BCUT2D eigenvalue weighted by Crippen LogP contribution is 2.40. The topological polar surface area (TPSA) is 86.8 Å². The molecule has 1 atom stereocenters. The van der Waals surface area contributed by atoms with Crippen LogP contribution in [0.15, 0.2) is 47.4 Å². The molecule has 7 nitrogen and oxygen atoms in total. The van der Waals surface area contributed by atoms with Crippen LogP contribution in [0.2, 0.25) is 0 Å². The van der Waals surface area contributed by atoms with E-state index in [1.807, 2.05) is 43.0 Å². The highest BCUT2D eigenvalue weighted by molar-refractivity contribution is 7.89. The van der Waals surface area contributed by atoms with Crippen molar-refractivity contribution in [2.75, 3.05) is 23.3 Å². The number of hydrogen-bond acceptors (Lipinski definition) is 4. The fourth-order valence-electron chi connectivity index (χ4n) is 5.09. The van der Waals surface area contributed by atoms with Crippen molar-refractivity contribution in [3.05, 3.63) is 53.6 Å². The van der Waals surface area contributed by atoms with Gasteiger partial charge in [0, 0.05) is 42.3 Å². The molecule has 1 N–H and O–H groups in total. The second-order valence-electron chi connectivity index (χ2n) is 9.81. The molecule has 1 saturated carbocycles. The van der Waals surface area contributed by atoms with Gasteiger partial charge < -0.3 is 10.2 Å². The lowest BCUT2D eigenvalue weighted by molar-refractivity contribution is -0.121. The van der Waals surface area contributed by atoms with Gasteiger partial charge in [-0.15, -0.1) is 0 Å². The summed E-state index contributed by atoms with van der Waals surface area (Å²) in [7, 11) is -3.66. The molecule has 1 saturated heterocycles. The Bertz CT molecular complexity index is 1230. The van der Waals surface area contributed by atoms with Gasteiger partial charge in [-0.3, -0.25) is 9.59 Å². The lowest BCUT2D eigenvalue weighted by Gasteiger charge is -2.30. The summed E-state index contributed by atoms with van der Waals surface area (Å²) in [6, 6.07) is 12.8. The third-order valence-corrected chi connectivity index (χ3v) is 9.19. The number of hydrogen-bond donors (Lipinski definition) is 1. The van der Waals surface area contributed by atoms with Gasteiger partial charge in [0.15, 0.2) is 0 Å². The predicted octanol–water partition coefficient (Wildman–Crippen LogP) is 3.72. The molecule has 2 amide bonds. The molecule has 180 valence electrons. The first-order chi connectivity index (χ1) is 16.3. The Kier molecular flexibility index (Phi) is 5.98. The van der Waals surface area contributed by atoms with Crippen LogP contribution in [0.4, 0.5) is 11.4 Å². The second-order valence-corrected chi connectivity index (χ2v) is 11.7. The van der Waals surface area contributed by atoms with Crippen molar-refractivity contribution in [2.24, 2.45) is 11.8 Å². The Balaban J connectivity index is 1.26. The fourth-order valence-corrected chi connectivity index (χ4v) is 6.61. The van der Waals surface area contributed by atoms with Crippen LogP contribution in [-0.4, -0.2) is 43.7 Å². The number of amides is 2. The molecule has 0 aromatic heterocycles. The number of aryl methyl sites for hydroxylation is 1. The van der Waals surface area contributed by atoms with Crippen molar-refractivity contribution in [3.8, 4) is 0 Å². The van der Waals surface area contributed by atoms with E-state index in [9.17, 15) is 18.0 Å². The maximum atomic E-state index is 13.4. The Hall–Kier alpha value is -2.71. The zero-order chi connectivity index (χ0) is 24.0. The lowest BCUT2D eigenvalue weighted by Crippen LogP contribution is -2.41. The van der Waals surface area contributed by atoms with Crippen molar-refractivity contribution >= 4 is 33.2 Å². The largest absolute Gasteiger partial charge is 0.326 e. The van der Waals surface area contributed by atoms with E-state index in [2.05, 4.69) is 5.32 Å². The number of piperidine rings is 1. The van der Waals surface area contributed by atoms with Crippen LogP contribution in [0.3, 0.4) is 0 Å².